The average molecular weight is 289 g/mol. The van der Waals surface area contributed by atoms with E-state index < -0.39 is 0 Å². The molecule has 3 heterocycles. The summed E-state index contributed by atoms with van der Waals surface area (Å²) in [5, 5.41) is 3.39. The predicted octanol–water partition coefficient (Wildman–Crippen LogP) is 2.82. The fraction of sp³-hybridized carbons (Fsp3) is 0.706. The third-order valence-electron chi connectivity index (χ3n) is 5.13. The second-order valence-electron chi connectivity index (χ2n) is 6.62. The van der Waals surface area contributed by atoms with E-state index >= 15 is 0 Å². The van der Waals surface area contributed by atoms with E-state index in [-0.39, 0.29) is 5.91 Å². The number of nitrogens with one attached hydrogen (secondary N) is 1. The van der Waals surface area contributed by atoms with Gasteiger partial charge in [0, 0.05) is 24.3 Å². The van der Waals surface area contributed by atoms with Crippen LogP contribution in [0.2, 0.25) is 0 Å². The Balaban J connectivity index is 1.83. The molecule has 2 aliphatic rings. The third kappa shape index (κ3) is 2.86. The fourth-order valence-electron chi connectivity index (χ4n) is 3.93. The number of aromatic nitrogens is 1. The number of amides is 1. The van der Waals surface area contributed by atoms with E-state index in [9.17, 15) is 4.79 Å². The Labute approximate surface area is 127 Å². The summed E-state index contributed by atoms with van der Waals surface area (Å²) in [5.74, 6) is 0.221. The Morgan fingerprint density at radius 3 is 2.48 bits per heavy atom. The molecule has 0 unspecified atom stereocenters. The SMILES string of the molecule is C[C@@H]1CCC[C@H](C)N1C(=O)c1cccn1C1CCNCC1. The standard InChI is InChI=1S/C17H27N3O/c1-13-5-3-6-14(2)20(13)17(21)16-7-4-12-19(16)15-8-10-18-11-9-15/h4,7,12-15,18H,3,5-6,8-11H2,1-2H3/t13-,14+. The topological polar surface area (TPSA) is 37.3 Å². The minimum Gasteiger partial charge on any atom is -0.340 e. The van der Waals surface area contributed by atoms with Crippen LogP contribution in [0.5, 0.6) is 0 Å². The highest BCUT2D eigenvalue weighted by Crippen LogP contribution is 2.27. The molecule has 4 heteroatoms. The first-order valence-corrected chi connectivity index (χ1v) is 8.38. The van der Waals surface area contributed by atoms with Crippen LogP contribution < -0.4 is 5.32 Å². The minimum absolute atomic E-state index is 0.221. The summed E-state index contributed by atoms with van der Waals surface area (Å²) in [6.45, 7) is 6.47. The van der Waals surface area contributed by atoms with Crippen molar-refractivity contribution in [3.8, 4) is 0 Å². The van der Waals surface area contributed by atoms with Crippen LogP contribution in [-0.2, 0) is 0 Å². The molecule has 0 radical (unpaired) electrons. The summed E-state index contributed by atoms with van der Waals surface area (Å²) in [5.41, 5.74) is 0.877. The van der Waals surface area contributed by atoms with E-state index in [0.717, 1.165) is 44.5 Å². The molecule has 1 aromatic rings. The molecule has 21 heavy (non-hydrogen) atoms. The van der Waals surface area contributed by atoms with Crippen molar-refractivity contribution in [2.75, 3.05) is 13.1 Å². The first-order valence-electron chi connectivity index (χ1n) is 8.38. The zero-order valence-corrected chi connectivity index (χ0v) is 13.2. The average Bonchev–Trinajstić information content (AvgIpc) is 2.97. The normalized spacial score (nSPS) is 27.8. The quantitative estimate of drug-likeness (QED) is 0.909. The van der Waals surface area contributed by atoms with E-state index in [0.29, 0.717) is 18.1 Å². The van der Waals surface area contributed by atoms with E-state index in [1.165, 1.54) is 6.42 Å². The van der Waals surface area contributed by atoms with Gasteiger partial charge in [-0.3, -0.25) is 4.79 Å². The number of hydrogen-bond acceptors (Lipinski definition) is 2. The molecule has 2 atom stereocenters. The molecule has 0 aromatic carbocycles. The van der Waals surface area contributed by atoms with Crippen LogP contribution in [0.1, 0.15) is 62.5 Å². The number of carbonyl (C=O) groups is 1. The van der Waals surface area contributed by atoms with Gasteiger partial charge in [0.1, 0.15) is 5.69 Å². The van der Waals surface area contributed by atoms with Crippen LogP contribution in [0.15, 0.2) is 18.3 Å². The van der Waals surface area contributed by atoms with Crippen LogP contribution >= 0.6 is 0 Å². The van der Waals surface area contributed by atoms with Crippen LogP contribution in [0.25, 0.3) is 0 Å². The molecule has 1 aromatic heterocycles. The molecule has 0 saturated carbocycles. The monoisotopic (exact) mass is 289 g/mol. The first kappa shape index (κ1) is 14.6. The van der Waals surface area contributed by atoms with Crippen molar-refractivity contribution in [2.45, 2.75) is 64.1 Å². The summed E-state index contributed by atoms with van der Waals surface area (Å²) < 4.78 is 2.22. The molecule has 0 spiro atoms. The highest BCUT2D eigenvalue weighted by Gasteiger charge is 2.31. The van der Waals surface area contributed by atoms with Gasteiger partial charge in [-0.05, 0) is 71.2 Å². The summed E-state index contributed by atoms with van der Waals surface area (Å²) in [7, 11) is 0. The fourth-order valence-corrected chi connectivity index (χ4v) is 3.93. The van der Waals surface area contributed by atoms with Crippen molar-refractivity contribution in [3.05, 3.63) is 24.0 Å². The molecule has 1 N–H and O–H groups in total. The van der Waals surface area contributed by atoms with Gasteiger partial charge in [0.2, 0.25) is 0 Å². The first-order chi connectivity index (χ1) is 10.2. The Morgan fingerprint density at radius 2 is 1.81 bits per heavy atom. The van der Waals surface area contributed by atoms with Gasteiger partial charge < -0.3 is 14.8 Å². The Morgan fingerprint density at radius 1 is 1.14 bits per heavy atom. The maximum atomic E-state index is 13.0. The molecule has 3 rings (SSSR count). The molecule has 2 aliphatic heterocycles. The number of nitrogens with zero attached hydrogens (tertiary/aromatic N) is 2. The molecular formula is C17H27N3O. The van der Waals surface area contributed by atoms with Gasteiger partial charge >= 0.3 is 0 Å². The summed E-state index contributed by atoms with van der Waals surface area (Å²) in [4.78, 5) is 15.1. The Hall–Kier alpha value is -1.29. The van der Waals surface area contributed by atoms with Gasteiger partial charge in [0.05, 0.1) is 0 Å². The van der Waals surface area contributed by atoms with Crippen molar-refractivity contribution >= 4 is 5.91 Å². The van der Waals surface area contributed by atoms with Gasteiger partial charge in [0.25, 0.3) is 5.91 Å². The van der Waals surface area contributed by atoms with Crippen LogP contribution in [0.4, 0.5) is 0 Å². The molecule has 2 fully saturated rings. The molecule has 0 aliphatic carbocycles. The number of hydrogen-bond donors (Lipinski definition) is 1. The van der Waals surface area contributed by atoms with Gasteiger partial charge in [-0.25, -0.2) is 0 Å². The second-order valence-corrected chi connectivity index (χ2v) is 6.62. The minimum atomic E-state index is 0.221. The summed E-state index contributed by atoms with van der Waals surface area (Å²) in [6, 6.07) is 5.21. The smallest absolute Gasteiger partial charge is 0.270 e. The van der Waals surface area contributed by atoms with E-state index in [4.69, 9.17) is 0 Å². The molecule has 116 valence electrons. The largest absolute Gasteiger partial charge is 0.340 e. The second kappa shape index (κ2) is 6.22. The summed E-state index contributed by atoms with van der Waals surface area (Å²) in [6.07, 6.45) is 7.80. The summed E-state index contributed by atoms with van der Waals surface area (Å²) >= 11 is 0. The lowest BCUT2D eigenvalue weighted by molar-refractivity contribution is 0.0496. The number of rotatable bonds is 2. The Bertz CT molecular complexity index is 480. The van der Waals surface area contributed by atoms with Crippen molar-refractivity contribution in [1.29, 1.82) is 0 Å². The van der Waals surface area contributed by atoms with Crippen molar-refractivity contribution < 1.29 is 4.79 Å². The lowest BCUT2D eigenvalue weighted by atomic mass is 9.97. The van der Waals surface area contributed by atoms with Gasteiger partial charge in [0.15, 0.2) is 0 Å². The number of piperidine rings is 2. The zero-order chi connectivity index (χ0) is 14.8. The highest BCUT2D eigenvalue weighted by atomic mass is 16.2. The maximum Gasteiger partial charge on any atom is 0.270 e. The maximum absolute atomic E-state index is 13.0. The van der Waals surface area contributed by atoms with Crippen molar-refractivity contribution in [3.63, 3.8) is 0 Å². The molecular weight excluding hydrogens is 262 g/mol. The number of carbonyl (C=O) groups excluding carboxylic acids is 1. The van der Waals surface area contributed by atoms with Crippen LogP contribution in [0, 0.1) is 0 Å². The predicted molar refractivity (Wildman–Crippen MR) is 84.5 cm³/mol. The lowest BCUT2D eigenvalue weighted by Crippen LogP contribution is -2.48. The van der Waals surface area contributed by atoms with Crippen molar-refractivity contribution in [2.24, 2.45) is 0 Å². The van der Waals surface area contributed by atoms with Gasteiger partial charge in [-0.1, -0.05) is 0 Å². The van der Waals surface area contributed by atoms with Crippen LogP contribution in [-0.4, -0.2) is 40.5 Å². The molecule has 4 nitrogen and oxygen atoms in total. The van der Waals surface area contributed by atoms with E-state index in [2.05, 4.69) is 34.8 Å². The third-order valence-corrected chi connectivity index (χ3v) is 5.13. The van der Waals surface area contributed by atoms with Crippen molar-refractivity contribution in [1.82, 2.24) is 14.8 Å². The molecule has 2 saturated heterocycles. The highest BCUT2D eigenvalue weighted by molar-refractivity contribution is 5.93. The van der Waals surface area contributed by atoms with Gasteiger partial charge in [-0.15, -0.1) is 0 Å². The molecule has 0 bridgehead atoms. The van der Waals surface area contributed by atoms with Crippen LogP contribution in [0.3, 0.4) is 0 Å². The van der Waals surface area contributed by atoms with E-state index in [1.54, 1.807) is 0 Å². The Kier molecular flexibility index (Phi) is 4.34. The molecule has 1 amide bonds. The van der Waals surface area contributed by atoms with Gasteiger partial charge in [-0.2, -0.15) is 0 Å². The zero-order valence-electron chi connectivity index (χ0n) is 13.2. The number of likely N-dealkylation sites (tertiary alicyclic amines) is 1. The lowest BCUT2D eigenvalue weighted by Gasteiger charge is -2.39. The van der Waals surface area contributed by atoms with E-state index in [1.807, 2.05) is 12.1 Å².